The van der Waals surface area contributed by atoms with Crippen molar-refractivity contribution in [3.05, 3.63) is 12.2 Å². The van der Waals surface area contributed by atoms with Crippen LogP contribution in [0.25, 0.3) is 0 Å². The molecule has 0 heterocycles. The minimum atomic E-state index is -0.0478. The molecule has 2 rings (SSSR count). The van der Waals surface area contributed by atoms with Gasteiger partial charge >= 0.3 is 0 Å². The van der Waals surface area contributed by atoms with Crippen LogP contribution in [0, 0.1) is 17.8 Å². The third kappa shape index (κ3) is 1.88. The average Bonchev–Trinajstić information content (AvgIpc) is 2.74. The van der Waals surface area contributed by atoms with E-state index in [0.29, 0.717) is 11.8 Å². The van der Waals surface area contributed by atoms with Crippen LogP contribution in [0.5, 0.6) is 0 Å². The fourth-order valence-electron chi connectivity index (χ4n) is 2.42. The monoisotopic (exact) mass is 199 g/mol. The number of alkyl halides is 1. The van der Waals surface area contributed by atoms with Crippen molar-refractivity contribution in [2.45, 2.75) is 12.8 Å². The Bertz CT molecular complexity index is 239. The van der Waals surface area contributed by atoms with Gasteiger partial charge in [-0.25, -0.2) is 0 Å². The van der Waals surface area contributed by atoms with Crippen LogP contribution in [0.4, 0.5) is 0 Å². The van der Waals surface area contributed by atoms with Gasteiger partial charge in [-0.1, -0.05) is 12.2 Å². The van der Waals surface area contributed by atoms with Crippen LogP contribution in [0.3, 0.4) is 0 Å². The summed E-state index contributed by atoms with van der Waals surface area (Å²) in [5.74, 6) is 2.18. The Hall–Kier alpha value is -0.500. The number of fused-ring (bicyclic) bond motifs is 2. The summed E-state index contributed by atoms with van der Waals surface area (Å²) in [5, 5.41) is 2.85. The van der Waals surface area contributed by atoms with Crippen molar-refractivity contribution >= 4 is 17.5 Å². The van der Waals surface area contributed by atoms with Gasteiger partial charge in [0.05, 0.1) is 0 Å². The van der Waals surface area contributed by atoms with Gasteiger partial charge in [-0.15, -0.1) is 11.6 Å². The lowest BCUT2D eigenvalue weighted by molar-refractivity contribution is -0.118. The van der Waals surface area contributed by atoms with Gasteiger partial charge in [-0.05, 0) is 30.6 Å². The number of allylic oxidation sites excluding steroid dienone is 2. The Labute approximate surface area is 83.3 Å². The maximum atomic E-state index is 10.9. The minimum Gasteiger partial charge on any atom is -0.355 e. The van der Waals surface area contributed by atoms with Crippen molar-refractivity contribution in [3.63, 3.8) is 0 Å². The van der Waals surface area contributed by atoms with Crippen molar-refractivity contribution in [3.8, 4) is 0 Å². The molecule has 2 bridgehead atoms. The van der Waals surface area contributed by atoms with Gasteiger partial charge in [0.2, 0.25) is 5.91 Å². The normalized spacial score (nSPS) is 35.3. The van der Waals surface area contributed by atoms with E-state index in [1.807, 2.05) is 0 Å². The van der Waals surface area contributed by atoms with Crippen molar-refractivity contribution in [1.82, 2.24) is 5.32 Å². The number of hydrogen-bond donors (Lipinski definition) is 1. The third-order valence-corrected chi connectivity index (χ3v) is 3.34. The molecule has 1 amide bonds. The number of halogens is 1. The Kier molecular flexibility index (Phi) is 2.58. The van der Waals surface area contributed by atoms with Gasteiger partial charge in [0, 0.05) is 6.54 Å². The lowest BCUT2D eigenvalue weighted by Crippen LogP contribution is -2.31. The molecule has 0 unspecified atom stereocenters. The summed E-state index contributed by atoms with van der Waals surface area (Å²) in [5.41, 5.74) is 0. The van der Waals surface area contributed by atoms with Gasteiger partial charge in [-0.3, -0.25) is 4.79 Å². The van der Waals surface area contributed by atoms with Crippen LogP contribution in [-0.4, -0.2) is 18.3 Å². The Morgan fingerprint density at radius 1 is 1.46 bits per heavy atom. The largest absolute Gasteiger partial charge is 0.355 e. The smallest absolute Gasteiger partial charge is 0.234 e. The first-order valence-corrected chi connectivity index (χ1v) is 5.34. The molecule has 0 aromatic heterocycles. The highest BCUT2D eigenvalue weighted by atomic mass is 35.5. The molecular weight excluding hydrogens is 186 g/mol. The minimum absolute atomic E-state index is 0.0478. The van der Waals surface area contributed by atoms with Crippen LogP contribution in [0.1, 0.15) is 12.8 Å². The molecule has 2 aliphatic carbocycles. The topological polar surface area (TPSA) is 29.1 Å². The number of rotatable bonds is 3. The molecule has 2 nitrogen and oxygen atoms in total. The summed E-state index contributed by atoms with van der Waals surface area (Å²) in [6.45, 7) is 0.803. The van der Waals surface area contributed by atoms with Crippen LogP contribution in [-0.2, 0) is 4.79 Å². The van der Waals surface area contributed by atoms with Crippen molar-refractivity contribution in [1.29, 1.82) is 0 Å². The Morgan fingerprint density at radius 3 is 2.85 bits per heavy atom. The molecule has 3 atom stereocenters. The standard InChI is InChI=1S/C10H14ClNO/c11-5-10(13)12-6-9-4-7-1-2-8(9)3-7/h1-2,7-9H,3-6H2,(H,12,13)/t7-,8+,9-/m0/s1. The third-order valence-electron chi connectivity index (χ3n) is 3.10. The Morgan fingerprint density at radius 2 is 2.31 bits per heavy atom. The lowest BCUT2D eigenvalue weighted by Gasteiger charge is -2.17. The molecule has 0 aromatic rings. The highest BCUT2D eigenvalue weighted by molar-refractivity contribution is 6.27. The van der Waals surface area contributed by atoms with Gasteiger partial charge < -0.3 is 5.32 Å². The summed E-state index contributed by atoms with van der Waals surface area (Å²) in [4.78, 5) is 10.9. The van der Waals surface area contributed by atoms with Crippen molar-refractivity contribution in [2.24, 2.45) is 17.8 Å². The van der Waals surface area contributed by atoms with Crippen LogP contribution in [0.2, 0.25) is 0 Å². The summed E-state index contributed by atoms with van der Waals surface area (Å²) in [6.07, 6.45) is 7.14. The summed E-state index contributed by atoms with van der Waals surface area (Å²) in [6, 6.07) is 0. The molecule has 0 saturated heterocycles. The molecule has 0 aliphatic heterocycles. The number of amides is 1. The van der Waals surface area contributed by atoms with Gasteiger partial charge in [0.15, 0.2) is 0 Å². The van der Waals surface area contributed by atoms with E-state index < -0.39 is 0 Å². The first-order chi connectivity index (χ1) is 6.29. The van der Waals surface area contributed by atoms with Gasteiger partial charge in [0.25, 0.3) is 0 Å². The van der Waals surface area contributed by atoms with E-state index in [-0.39, 0.29) is 11.8 Å². The van der Waals surface area contributed by atoms with E-state index in [0.717, 1.165) is 12.5 Å². The van der Waals surface area contributed by atoms with E-state index in [2.05, 4.69) is 17.5 Å². The van der Waals surface area contributed by atoms with Crippen LogP contribution in [0.15, 0.2) is 12.2 Å². The molecule has 1 saturated carbocycles. The van der Waals surface area contributed by atoms with Gasteiger partial charge in [-0.2, -0.15) is 0 Å². The highest BCUT2D eigenvalue weighted by Gasteiger charge is 2.35. The molecule has 3 heteroatoms. The van der Waals surface area contributed by atoms with Crippen molar-refractivity contribution in [2.75, 3.05) is 12.4 Å². The summed E-state index contributed by atoms with van der Waals surface area (Å²) in [7, 11) is 0. The van der Waals surface area contributed by atoms with E-state index in [9.17, 15) is 4.79 Å². The van der Waals surface area contributed by atoms with Crippen LogP contribution < -0.4 is 5.32 Å². The van der Waals surface area contributed by atoms with E-state index in [4.69, 9.17) is 11.6 Å². The predicted molar refractivity (Wildman–Crippen MR) is 52.6 cm³/mol. The molecule has 13 heavy (non-hydrogen) atoms. The van der Waals surface area contributed by atoms with Crippen LogP contribution >= 0.6 is 11.6 Å². The molecule has 0 spiro atoms. The molecule has 1 N–H and O–H groups in total. The number of carbonyl (C=O) groups is 1. The zero-order valence-electron chi connectivity index (χ0n) is 7.50. The zero-order chi connectivity index (χ0) is 9.26. The average molecular weight is 200 g/mol. The predicted octanol–water partition coefficient (Wildman–Crippen LogP) is 1.55. The second kappa shape index (κ2) is 3.70. The quantitative estimate of drug-likeness (QED) is 0.543. The number of nitrogens with one attached hydrogen (secondary N) is 1. The maximum Gasteiger partial charge on any atom is 0.234 e. The zero-order valence-corrected chi connectivity index (χ0v) is 8.26. The van der Waals surface area contributed by atoms with Gasteiger partial charge in [0.1, 0.15) is 5.88 Å². The van der Waals surface area contributed by atoms with Crippen molar-refractivity contribution < 1.29 is 4.79 Å². The summed E-state index contributed by atoms with van der Waals surface area (Å²) < 4.78 is 0. The second-order valence-electron chi connectivity index (χ2n) is 3.98. The molecule has 0 aromatic carbocycles. The Balaban J connectivity index is 1.78. The van der Waals surface area contributed by atoms with E-state index in [1.54, 1.807) is 0 Å². The van der Waals surface area contributed by atoms with E-state index >= 15 is 0 Å². The molecular formula is C10H14ClNO. The highest BCUT2D eigenvalue weighted by Crippen LogP contribution is 2.42. The number of carbonyl (C=O) groups excluding carboxylic acids is 1. The maximum absolute atomic E-state index is 10.9. The second-order valence-corrected chi connectivity index (χ2v) is 4.25. The molecule has 2 aliphatic rings. The fraction of sp³-hybridized carbons (Fsp3) is 0.700. The number of hydrogen-bond acceptors (Lipinski definition) is 1. The van der Waals surface area contributed by atoms with E-state index in [1.165, 1.54) is 12.8 Å². The molecule has 0 radical (unpaired) electrons. The first-order valence-electron chi connectivity index (χ1n) is 4.80. The molecule has 72 valence electrons. The lowest BCUT2D eigenvalue weighted by atomic mass is 9.94. The fourth-order valence-corrected chi connectivity index (χ4v) is 2.52. The molecule has 1 fully saturated rings. The SMILES string of the molecule is O=C(CCl)NC[C@@H]1C[C@H]2C=C[C@@H]1C2. The summed E-state index contributed by atoms with van der Waals surface area (Å²) >= 11 is 5.39. The first kappa shape index (κ1) is 9.07.